The fourth-order valence-corrected chi connectivity index (χ4v) is 3.15. The van der Waals surface area contributed by atoms with Crippen LogP contribution in [0.15, 0.2) is 0 Å². The van der Waals surface area contributed by atoms with E-state index in [0.717, 1.165) is 14.2 Å². The number of hydrogen-bond donors (Lipinski definition) is 0. The van der Waals surface area contributed by atoms with Crippen molar-refractivity contribution in [3.63, 3.8) is 0 Å². The fourth-order valence-electron chi connectivity index (χ4n) is 1.25. The molecule has 0 aliphatic carbocycles. The van der Waals surface area contributed by atoms with Gasteiger partial charge in [-0.15, -0.1) is 0 Å². The maximum atomic E-state index is 11.4. The highest BCUT2D eigenvalue weighted by molar-refractivity contribution is 7.87. The first kappa shape index (κ1) is 21.8. The lowest BCUT2D eigenvalue weighted by atomic mass is 10.3. The van der Waals surface area contributed by atoms with Crippen molar-refractivity contribution >= 4 is 32.2 Å². The van der Waals surface area contributed by atoms with Gasteiger partial charge in [-0.2, -0.15) is 16.8 Å². The van der Waals surface area contributed by atoms with Crippen LogP contribution in [-0.2, 0) is 47.7 Å². The van der Waals surface area contributed by atoms with Gasteiger partial charge < -0.3 is 9.47 Å². The van der Waals surface area contributed by atoms with Gasteiger partial charge in [-0.1, -0.05) is 6.42 Å². The van der Waals surface area contributed by atoms with Crippen LogP contribution in [0.3, 0.4) is 0 Å². The Balaban J connectivity index is 3.95. The third-order valence-electron chi connectivity index (χ3n) is 2.46. The van der Waals surface area contributed by atoms with Gasteiger partial charge in [0.05, 0.1) is 25.7 Å². The summed E-state index contributed by atoms with van der Waals surface area (Å²) in [6, 6.07) is 0. The Kier molecular flexibility index (Phi) is 9.95. The third kappa shape index (κ3) is 11.9. The summed E-state index contributed by atoms with van der Waals surface area (Å²) in [5, 5.41) is 0. The van der Waals surface area contributed by atoms with Gasteiger partial charge in [0.1, 0.15) is 0 Å². The van der Waals surface area contributed by atoms with Crippen molar-refractivity contribution < 1.29 is 44.3 Å². The normalized spacial score (nSPS) is 11.9. The Labute approximate surface area is 135 Å². The van der Waals surface area contributed by atoms with Gasteiger partial charge in [0.2, 0.25) is 0 Å². The monoisotopic (exact) mass is 376 g/mol. The van der Waals surface area contributed by atoms with Gasteiger partial charge in [-0.05, 0) is 12.8 Å². The summed E-state index contributed by atoms with van der Waals surface area (Å²) < 4.78 is 62.9. The average Bonchev–Trinajstić information content (AvgIpc) is 2.49. The number of carbonyl (C=O) groups excluding carboxylic acids is 2. The first-order valence-electron chi connectivity index (χ1n) is 6.49. The number of rotatable bonds is 12. The van der Waals surface area contributed by atoms with Crippen molar-refractivity contribution in [3.8, 4) is 0 Å². The zero-order valence-corrected chi connectivity index (χ0v) is 14.5. The maximum Gasteiger partial charge on any atom is 0.333 e. The lowest BCUT2D eigenvalue weighted by molar-refractivity contribution is -0.143. The van der Waals surface area contributed by atoms with E-state index in [4.69, 9.17) is 0 Å². The molecule has 0 spiro atoms. The van der Waals surface area contributed by atoms with E-state index in [1.807, 2.05) is 0 Å². The number of methoxy groups -OCH3 is 2. The van der Waals surface area contributed by atoms with Crippen LogP contribution >= 0.6 is 0 Å². The number of esters is 2. The molecule has 0 radical (unpaired) electrons. The van der Waals surface area contributed by atoms with Crippen molar-refractivity contribution in [2.24, 2.45) is 0 Å². The largest absolute Gasteiger partial charge is 0.467 e. The van der Waals surface area contributed by atoms with E-state index in [9.17, 15) is 26.4 Å². The van der Waals surface area contributed by atoms with E-state index in [1.54, 1.807) is 0 Å². The second kappa shape index (κ2) is 10.5. The van der Waals surface area contributed by atoms with Crippen molar-refractivity contribution in [3.05, 3.63) is 0 Å². The third-order valence-corrected chi connectivity index (χ3v) is 4.99. The van der Waals surface area contributed by atoms with Crippen LogP contribution in [0.25, 0.3) is 0 Å². The second-order valence-electron chi connectivity index (χ2n) is 4.26. The molecule has 136 valence electrons. The van der Waals surface area contributed by atoms with Gasteiger partial charge in [0.15, 0.2) is 13.2 Å². The SMILES string of the molecule is COC(=O)COS(=O)(=O)CCCCCS(=O)(=O)OCC(=O)OC. The molecule has 0 N–H and O–H groups in total. The minimum Gasteiger partial charge on any atom is -0.467 e. The Morgan fingerprint density at radius 3 is 1.35 bits per heavy atom. The smallest absolute Gasteiger partial charge is 0.333 e. The summed E-state index contributed by atoms with van der Waals surface area (Å²) in [6.45, 7) is -1.40. The number of unbranched alkanes of at least 4 members (excludes halogenated alkanes) is 2. The standard InChI is InChI=1S/C11H20O10S2/c1-18-10(12)8-20-22(14,15)6-4-3-5-7-23(16,17)21-9-11(13)19-2/h3-9H2,1-2H3. The lowest BCUT2D eigenvalue weighted by Gasteiger charge is -2.06. The van der Waals surface area contributed by atoms with E-state index in [0.29, 0.717) is 0 Å². The predicted molar refractivity (Wildman–Crippen MR) is 77.4 cm³/mol. The molecule has 0 rings (SSSR count). The zero-order chi connectivity index (χ0) is 17.9. The molecule has 0 aromatic heterocycles. The molecule has 10 nitrogen and oxygen atoms in total. The number of ether oxygens (including phenoxy) is 2. The zero-order valence-electron chi connectivity index (χ0n) is 12.8. The molecule has 0 aromatic rings. The first-order valence-corrected chi connectivity index (χ1v) is 9.65. The molecule has 23 heavy (non-hydrogen) atoms. The summed E-state index contributed by atoms with van der Waals surface area (Å²) in [7, 11) is -5.54. The number of carbonyl (C=O) groups is 2. The average molecular weight is 376 g/mol. The highest BCUT2D eigenvalue weighted by Gasteiger charge is 2.16. The Morgan fingerprint density at radius 2 is 1.04 bits per heavy atom. The van der Waals surface area contributed by atoms with Crippen molar-refractivity contribution in [1.29, 1.82) is 0 Å². The molecule has 0 atom stereocenters. The fraction of sp³-hybridized carbons (Fsp3) is 0.818. The predicted octanol–water partition coefficient (Wildman–Crippen LogP) is -0.804. The highest BCUT2D eigenvalue weighted by Crippen LogP contribution is 2.05. The molecule has 0 fully saturated rings. The van der Waals surface area contributed by atoms with Gasteiger partial charge in [0, 0.05) is 0 Å². The maximum absolute atomic E-state index is 11.4. The molecule has 0 aromatic carbocycles. The molecule has 0 aliphatic rings. The number of hydrogen-bond acceptors (Lipinski definition) is 10. The lowest BCUT2D eigenvalue weighted by Crippen LogP contribution is -2.18. The van der Waals surface area contributed by atoms with Crippen LogP contribution in [0.4, 0.5) is 0 Å². The summed E-state index contributed by atoms with van der Waals surface area (Å²) in [6.07, 6.45) is 0.577. The van der Waals surface area contributed by atoms with Crippen LogP contribution in [0.5, 0.6) is 0 Å². The topological polar surface area (TPSA) is 139 Å². The van der Waals surface area contributed by atoms with E-state index in [2.05, 4.69) is 17.8 Å². The van der Waals surface area contributed by atoms with Gasteiger partial charge >= 0.3 is 11.9 Å². The molecule has 0 heterocycles. The molecule has 0 amide bonds. The molecule has 0 saturated carbocycles. The molecule has 0 unspecified atom stereocenters. The molecule has 0 saturated heterocycles. The van der Waals surface area contributed by atoms with Crippen LogP contribution in [-0.4, -0.2) is 67.7 Å². The van der Waals surface area contributed by atoms with Gasteiger partial charge in [0.25, 0.3) is 20.2 Å². The first-order chi connectivity index (χ1) is 10.6. The minimum atomic E-state index is -3.87. The Morgan fingerprint density at radius 1 is 0.696 bits per heavy atom. The van der Waals surface area contributed by atoms with Crippen molar-refractivity contribution in [1.82, 2.24) is 0 Å². The van der Waals surface area contributed by atoms with Crippen molar-refractivity contribution in [2.75, 3.05) is 38.9 Å². The Hall–Kier alpha value is -1.24. The van der Waals surface area contributed by atoms with E-state index >= 15 is 0 Å². The van der Waals surface area contributed by atoms with E-state index in [-0.39, 0.29) is 30.8 Å². The van der Waals surface area contributed by atoms with Gasteiger partial charge in [-0.3, -0.25) is 8.37 Å². The van der Waals surface area contributed by atoms with Crippen LogP contribution in [0.1, 0.15) is 19.3 Å². The molecule has 12 heteroatoms. The summed E-state index contributed by atoms with van der Waals surface area (Å²) in [5.74, 6) is -2.34. The molecule has 0 aliphatic heterocycles. The van der Waals surface area contributed by atoms with E-state index < -0.39 is 45.4 Å². The Bertz CT molecular complexity index is 526. The summed E-state index contributed by atoms with van der Waals surface area (Å²) in [4.78, 5) is 21.5. The van der Waals surface area contributed by atoms with Crippen LogP contribution in [0, 0.1) is 0 Å². The minimum absolute atomic E-state index is 0.149. The van der Waals surface area contributed by atoms with Crippen molar-refractivity contribution in [2.45, 2.75) is 19.3 Å². The van der Waals surface area contributed by atoms with E-state index in [1.165, 1.54) is 0 Å². The van der Waals surface area contributed by atoms with Gasteiger partial charge in [-0.25, -0.2) is 9.59 Å². The molecular weight excluding hydrogens is 356 g/mol. The summed E-state index contributed by atoms with van der Waals surface area (Å²) >= 11 is 0. The summed E-state index contributed by atoms with van der Waals surface area (Å²) in [5.41, 5.74) is 0. The second-order valence-corrected chi connectivity index (χ2v) is 7.78. The quantitative estimate of drug-likeness (QED) is 0.241. The molecular formula is C11H20O10S2. The van der Waals surface area contributed by atoms with Crippen LogP contribution < -0.4 is 0 Å². The van der Waals surface area contributed by atoms with Crippen LogP contribution in [0.2, 0.25) is 0 Å². The molecule has 0 bridgehead atoms. The highest BCUT2D eigenvalue weighted by atomic mass is 32.2.